The highest BCUT2D eigenvalue weighted by Crippen LogP contribution is 2.31. The van der Waals surface area contributed by atoms with E-state index < -0.39 is 23.4 Å². The number of halogens is 3. The molecule has 7 heteroatoms. The van der Waals surface area contributed by atoms with Crippen LogP contribution in [0.5, 0.6) is 0 Å². The number of carbonyl (C=O) groups excluding carboxylic acids is 1. The molecule has 0 unspecified atom stereocenters. The van der Waals surface area contributed by atoms with E-state index in [1.807, 2.05) is 0 Å². The molecule has 1 aromatic rings. The van der Waals surface area contributed by atoms with Gasteiger partial charge in [-0.2, -0.15) is 24.9 Å². The smallest absolute Gasteiger partial charge is 0.418 e. The Morgan fingerprint density at radius 1 is 1.50 bits per heavy atom. The minimum Gasteiger partial charge on any atom is -0.457 e. The molecule has 1 atom stereocenters. The quantitative estimate of drug-likeness (QED) is 0.779. The van der Waals surface area contributed by atoms with Gasteiger partial charge in [0.15, 0.2) is 5.69 Å². The maximum atomic E-state index is 12.7. The molecule has 1 fully saturated rings. The third kappa shape index (κ3) is 2.95. The van der Waals surface area contributed by atoms with Crippen molar-refractivity contribution < 1.29 is 22.7 Å². The van der Waals surface area contributed by atoms with Gasteiger partial charge in [0.25, 0.3) is 0 Å². The summed E-state index contributed by atoms with van der Waals surface area (Å²) < 4.78 is 43.0. The largest absolute Gasteiger partial charge is 0.457 e. The number of hydrogen-bond acceptors (Lipinski definition) is 4. The minimum absolute atomic E-state index is 0.314. The van der Waals surface area contributed by atoms with Crippen LogP contribution in [0, 0.1) is 0 Å². The van der Waals surface area contributed by atoms with Gasteiger partial charge in [-0.25, -0.2) is 9.78 Å². The fraction of sp³-hybridized carbons (Fsp3) is 0.455. The number of thioether (sulfide) groups is 1. The van der Waals surface area contributed by atoms with Crippen molar-refractivity contribution in [1.82, 2.24) is 4.98 Å². The molecule has 0 bridgehead atoms. The van der Waals surface area contributed by atoms with Gasteiger partial charge >= 0.3 is 12.1 Å². The van der Waals surface area contributed by atoms with Gasteiger partial charge in [-0.1, -0.05) is 0 Å². The van der Waals surface area contributed by atoms with Crippen LogP contribution in [0.1, 0.15) is 22.5 Å². The number of rotatable bonds is 2. The Hall–Kier alpha value is -1.24. The minimum atomic E-state index is -4.60. The molecule has 98 valence electrons. The Labute approximate surface area is 106 Å². The Balaban J connectivity index is 2.19. The molecule has 1 saturated heterocycles. The van der Waals surface area contributed by atoms with Crippen molar-refractivity contribution in [3.8, 4) is 0 Å². The standard InChI is InChI=1S/C11H10F3NO2S/c12-11(13,14)8-2-1-4-15-9(8)10(16)17-7-3-5-18-6-7/h1-2,4,7H,3,5-6H2/t7-/m0/s1. The second-order valence-corrected chi connectivity index (χ2v) is 4.94. The number of ether oxygens (including phenoxy) is 1. The molecule has 2 rings (SSSR count). The van der Waals surface area contributed by atoms with Crippen LogP contribution in [0.15, 0.2) is 18.3 Å². The molecule has 0 radical (unpaired) electrons. The van der Waals surface area contributed by atoms with E-state index in [-0.39, 0.29) is 6.10 Å². The van der Waals surface area contributed by atoms with Crippen molar-refractivity contribution in [2.45, 2.75) is 18.7 Å². The van der Waals surface area contributed by atoms with Gasteiger partial charge in [0.2, 0.25) is 0 Å². The van der Waals surface area contributed by atoms with Gasteiger partial charge in [-0.15, -0.1) is 0 Å². The zero-order chi connectivity index (χ0) is 13.2. The molecule has 1 aliphatic rings. The topological polar surface area (TPSA) is 39.2 Å². The first-order chi connectivity index (χ1) is 8.48. The number of esters is 1. The van der Waals surface area contributed by atoms with E-state index in [4.69, 9.17) is 4.74 Å². The van der Waals surface area contributed by atoms with Crippen molar-refractivity contribution in [3.63, 3.8) is 0 Å². The lowest BCUT2D eigenvalue weighted by molar-refractivity contribution is -0.138. The molecule has 2 heterocycles. The van der Waals surface area contributed by atoms with E-state index in [0.29, 0.717) is 12.2 Å². The maximum Gasteiger partial charge on any atom is 0.418 e. The van der Waals surface area contributed by atoms with Crippen LogP contribution in [0.2, 0.25) is 0 Å². The summed E-state index contributed by atoms with van der Waals surface area (Å²) >= 11 is 1.61. The van der Waals surface area contributed by atoms with Gasteiger partial charge in [0, 0.05) is 11.9 Å². The SMILES string of the molecule is O=C(O[C@H]1CCSC1)c1ncccc1C(F)(F)F. The molecule has 1 aromatic heterocycles. The van der Waals surface area contributed by atoms with E-state index >= 15 is 0 Å². The number of pyridine rings is 1. The normalized spacial score (nSPS) is 19.8. The van der Waals surface area contributed by atoms with Gasteiger partial charge in [-0.05, 0) is 24.3 Å². The first kappa shape index (κ1) is 13.2. The monoisotopic (exact) mass is 277 g/mol. The maximum absolute atomic E-state index is 12.7. The number of alkyl halides is 3. The number of carbonyl (C=O) groups is 1. The number of hydrogen-bond donors (Lipinski definition) is 0. The van der Waals surface area contributed by atoms with Crippen molar-refractivity contribution >= 4 is 17.7 Å². The lowest BCUT2D eigenvalue weighted by Gasteiger charge is -2.13. The van der Waals surface area contributed by atoms with Crippen LogP contribution >= 0.6 is 11.8 Å². The molecule has 3 nitrogen and oxygen atoms in total. The summed E-state index contributed by atoms with van der Waals surface area (Å²) in [6.07, 6.45) is -3.10. The molecular weight excluding hydrogens is 267 g/mol. The van der Waals surface area contributed by atoms with Gasteiger partial charge in [0.1, 0.15) is 6.10 Å². The third-order valence-corrected chi connectivity index (χ3v) is 3.60. The Kier molecular flexibility index (Phi) is 3.79. The average molecular weight is 277 g/mol. The first-order valence-corrected chi connectivity index (χ1v) is 6.45. The Bertz CT molecular complexity index is 444. The highest BCUT2D eigenvalue weighted by molar-refractivity contribution is 7.99. The summed E-state index contributed by atoms with van der Waals surface area (Å²) in [5.74, 6) is 0.474. The summed E-state index contributed by atoms with van der Waals surface area (Å²) in [6, 6.07) is 1.97. The lowest BCUT2D eigenvalue weighted by Crippen LogP contribution is -2.22. The molecule has 1 aliphatic heterocycles. The van der Waals surface area contributed by atoms with Gasteiger partial charge in [0.05, 0.1) is 5.56 Å². The van der Waals surface area contributed by atoms with Crippen LogP contribution in [-0.2, 0) is 10.9 Å². The number of aromatic nitrogens is 1. The zero-order valence-corrected chi connectivity index (χ0v) is 10.1. The van der Waals surface area contributed by atoms with Crippen LogP contribution in [0.25, 0.3) is 0 Å². The van der Waals surface area contributed by atoms with Crippen LogP contribution in [-0.4, -0.2) is 28.6 Å². The summed E-state index contributed by atoms with van der Waals surface area (Å²) in [5, 5.41) is 0. The van der Waals surface area contributed by atoms with Gasteiger partial charge < -0.3 is 4.74 Å². The first-order valence-electron chi connectivity index (χ1n) is 5.29. The highest BCUT2D eigenvalue weighted by atomic mass is 32.2. The van der Waals surface area contributed by atoms with Crippen LogP contribution in [0.4, 0.5) is 13.2 Å². The van der Waals surface area contributed by atoms with Crippen LogP contribution in [0.3, 0.4) is 0 Å². The summed E-state index contributed by atoms with van der Waals surface area (Å²) in [4.78, 5) is 15.2. The molecule has 0 aromatic carbocycles. The third-order valence-electron chi connectivity index (χ3n) is 2.47. The molecule has 0 N–H and O–H groups in total. The van der Waals surface area contributed by atoms with Crippen molar-refractivity contribution in [3.05, 3.63) is 29.6 Å². The molecule has 0 spiro atoms. The van der Waals surface area contributed by atoms with Crippen LogP contribution < -0.4 is 0 Å². The van der Waals surface area contributed by atoms with E-state index in [9.17, 15) is 18.0 Å². The van der Waals surface area contributed by atoms with Crippen molar-refractivity contribution in [1.29, 1.82) is 0 Å². The molecular formula is C11H10F3NO2S. The Morgan fingerprint density at radius 2 is 2.28 bits per heavy atom. The molecule has 0 amide bonds. The lowest BCUT2D eigenvalue weighted by atomic mass is 10.2. The second-order valence-electron chi connectivity index (χ2n) is 3.79. The molecule has 0 saturated carbocycles. The fourth-order valence-electron chi connectivity index (χ4n) is 1.61. The van der Waals surface area contributed by atoms with E-state index in [0.717, 1.165) is 24.1 Å². The molecule has 0 aliphatic carbocycles. The number of nitrogens with zero attached hydrogens (tertiary/aromatic N) is 1. The second kappa shape index (κ2) is 5.17. The van der Waals surface area contributed by atoms with Crippen molar-refractivity contribution in [2.75, 3.05) is 11.5 Å². The fourth-order valence-corrected chi connectivity index (χ4v) is 2.70. The average Bonchev–Trinajstić information content (AvgIpc) is 2.80. The van der Waals surface area contributed by atoms with Crippen molar-refractivity contribution in [2.24, 2.45) is 0 Å². The predicted octanol–water partition coefficient (Wildman–Crippen LogP) is 2.76. The predicted molar refractivity (Wildman–Crippen MR) is 60.4 cm³/mol. The van der Waals surface area contributed by atoms with E-state index in [1.165, 1.54) is 0 Å². The van der Waals surface area contributed by atoms with E-state index in [2.05, 4.69) is 4.98 Å². The summed E-state index contributed by atoms with van der Waals surface area (Å²) in [5.41, 5.74) is -1.72. The summed E-state index contributed by atoms with van der Waals surface area (Å²) in [6.45, 7) is 0. The molecule has 18 heavy (non-hydrogen) atoms. The van der Waals surface area contributed by atoms with Gasteiger partial charge in [-0.3, -0.25) is 0 Å². The van der Waals surface area contributed by atoms with E-state index in [1.54, 1.807) is 11.8 Å². The summed E-state index contributed by atoms with van der Waals surface area (Å²) in [7, 11) is 0. The Morgan fingerprint density at radius 3 is 2.89 bits per heavy atom. The zero-order valence-electron chi connectivity index (χ0n) is 9.24. The highest BCUT2D eigenvalue weighted by Gasteiger charge is 2.37.